The minimum atomic E-state index is -0.121. The van der Waals surface area contributed by atoms with Crippen LogP contribution in [-0.2, 0) is 0 Å². The van der Waals surface area contributed by atoms with Gasteiger partial charge in [0.25, 0.3) is 5.91 Å². The zero-order chi connectivity index (χ0) is 18.1. The van der Waals surface area contributed by atoms with E-state index in [1.807, 2.05) is 23.1 Å². The number of carbonyl (C=O) groups is 2. The van der Waals surface area contributed by atoms with Crippen LogP contribution in [0.5, 0.6) is 0 Å². The SMILES string of the molecule is CC(C)C1CN(C(=O)c2ccc3occc3c2)CC1NC(=O)N(C)C. The minimum absolute atomic E-state index is 0.00430. The van der Waals surface area contributed by atoms with Crippen molar-refractivity contribution in [3.8, 4) is 0 Å². The molecule has 1 N–H and O–H groups in total. The number of fused-ring (bicyclic) bond motifs is 1. The number of rotatable bonds is 3. The van der Waals surface area contributed by atoms with Crippen molar-refractivity contribution < 1.29 is 14.0 Å². The first-order chi connectivity index (χ1) is 11.9. The van der Waals surface area contributed by atoms with E-state index in [4.69, 9.17) is 4.42 Å². The summed E-state index contributed by atoms with van der Waals surface area (Å²) in [5.41, 5.74) is 1.42. The number of urea groups is 1. The number of nitrogens with one attached hydrogen (secondary N) is 1. The van der Waals surface area contributed by atoms with Crippen LogP contribution in [0.2, 0.25) is 0 Å². The summed E-state index contributed by atoms with van der Waals surface area (Å²) < 4.78 is 5.33. The second-order valence-corrected chi connectivity index (χ2v) is 7.24. The molecule has 2 heterocycles. The highest BCUT2D eigenvalue weighted by Crippen LogP contribution is 2.27. The molecule has 0 bridgehead atoms. The summed E-state index contributed by atoms with van der Waals surface area (Å²) in [7, 11) is 3.44. The maximum absolute atomic E-state index is 12.9. The van der Waals surface area contributed by atoms with E-state index in [9.17, 15) is 9.59 Å². The summed E-state index contributed by atoms with van der Waals surface area (Å²) in [6.07, 6.45) is 1.62. The summed E-state index contributed by atoms with van der Waals surface area (Å²) in [5, 5.41) is 3.97. The van der Waals surface area contributed by atoms with Crippen molar-refractivity contribution in [2.24, 2.45) is 11.8 Å². The van der Waals surface area contributed by atoms with E-state index < -0.39 is 0 Å². The monoisotopic (exact) mass is 343 g/mol. The van der Waals surface area contributed by atoms with Gasteiger partial charge in [0.15, 0.2) is 0 Å². The third-order valence-corrected chi connectivity index (χ3v) is 4.92. The first-order valence-electron chi connectivity index (χ1n) is 8.61. The van der Waals surface area contributed by atoms with Gasteiger partial charge in [0.1, 0.15) is 5.58 Å². The number of hydrogen-bond donors (Lipinski definition) is 1. The van der Waals surface area contributed by atoms with Crippen LogP contribution < -0.4 is 5.32 Å². The maximum atomic E-state index is 12.9. The third-order valence-electron chi connectivity index (χ3n) is 4.92. The number of carbonyl (C=O) groups excluding carboxylic acids is 2. The summed E-state index contributed by atoms with van der Waals surface area (Å²) in [4.78, 5) is 28.3. The second-order valence-electron chi connectivity index (χ2n) is 7.24. The molecule has 0 saturated carbocycles. The fourth-order valence-corrected chi connectivity index (χ4v) is 3.39. The molecule has 134 valence electrons. The molecule has 3 rings (SSSR count). The Morgan fingerprint density at radius 3 is 2.68 bits per heavy atom. The molecule has 1 aliphatic heterocycles. The molecule has 2 unspecified atom stereocenters. The predicted molar refractivity (Wildman–Crippen MR) is 96.5 cm³/mol. The Bertz CT molecular complexity index is 781. The molecular formula is C19H25N3O3. The van der Waals surface area contributed by atoms with Gasteiger partial charge < -0.3 is 19.5 Å². The highest BCUT2D eigenvalue weighted by molar-refractivity contribution is 5.98. The number of amides is 3. The average Bonchev–Trinajstić information content (AvgIpc) is 3.19. The molecule has 3 amide bonds. The quantitative estimate of drug-likeness (QED) is 0.932. The Hall–Kier alpha value is -2.50. The van der Waals surface area contributed by atoms with E-state index in [0.29, 0.717) is 24.6 Å². The van der Waals surface area contributed by atoms with E-state index in [0.717, 1.165) is 11.0 Å². The van der Waals surface area contributed by atoms with E-state index >= 15 is 0 Å². The molecule has 1 aliphatic rings. The van der Waals surface area contributed by atoms with Crippen LogP contribution in [-0.4, -0.2) is 55.0 Å². The summed E-state index contributed by atoms with van der Waals surface area (Å²) in [5.74, 6) is 0.613. The highest BCUT2D eigenvalue weighted by atomic mass is 16.3. The van der Waals surface area contributed by atoms with Gasteiger partial charge in [0, 0.05) is 44.1 Å². The zero-order valence-corrected chi connectivity index (χ0v) is 15.2. The first kappa shape index (κ1) is 17.3. The van der Waals surface area contributed by atoms with Crippen molar-refractivity contribution in [1.29, 1.82) is 0 Å². The van der Waals surface area contributed by atoms with Crippen LogP contribution >= 0.6 is 0 Å². The van der Waals surface area contributed by atoms with Gasteiger partial charge in [-0.2, -0.15) is 0 Å². The van der Waals surface area contributed by atoms with E-state index in [2.05, 4.69) is 19.2 Å². The van der Waals surface area contributed by atoms with Crippen molar-refractivity contribution in [2.45, 2.75) is 19.9 Å². The van der Waals surface area contributed by atoms with Crippen molar-refractivity contribution in [1.82, 2.24) is 15.1 Å². The third kappa shape index (κ3) is 3.48. The first-order valence-corrected chi connectivity index (χ1v) is 8.61. The lowest BCUT2D eigenvalue weighted by Gasteiger charge is -2.24. The summed E-state index contributed by atoms with van der Waals surface area (Å²) >= 11 is 0. The predicted octanol–water partition coefficient (Wildman–Crippen LogP) is 2.80. The lowest BCUT2D eigenvalue weighted by atomic mass is 9.91. The minimum Gasteiger partial charge on any atom is -0.464 e. The fraction of sp³-hybridized carbons (Fsp3) is 0.474. The van der Waals surface area contributed by atoms with Crippen LogP contribution in [0.25, 0.3) is 11.0 Å². The van der Waals surface area contributed by atoms with Crippen LogP contribution in [0.3, 0.4) is 0 Å². The van der Waals surface area contributed by atoms with Crippen molar-refractivity contribution in [3.63, 3.8) is 0 Å². The molecule has 1 fully saturated rings. The number of hydrogen-bond acceptors (Lipinski definition) is 3. The molecule has 0 spiro atoms. The molecule has 25 heavy (non-hydrogen) atoms. The fourth-order valence-electron chi connectivity index (χ4n) is 3.39. The van der Waals surface area contributed by atoms with Gasteiger partial charge in [0.05, 0.1) is 12.3 Å². The number of benzene rings is 1. The van der Waals surface area contributed by atoms with Crippen LogP contribution in [0, 0.1) is 11.8 Å². The van der Waals surface area contributed by atoms with E-state index in [-0.39, 0.29) is 23.9 Å². The molecule has 6 nitrogen and oxygen atoms in total. The van der Waals surface area contributed by atoms with Crippen molar-refractivity contribution >= 4 is 22.9 Å². The normalized spacial score (nSPS) is 20.3. The Balaban J connectivity index is 1.77. The Labute approximate surface area is 147 Å². The van der Waals surface area contributed by atoms with Crippen molar-refractivity contribution in [2.75, 3.05) is 27.2 Å². The van der Waals surface area contributed by atoms with Gasteiger partial charge >= 0.3 is 6.03 Å². The Morgan fingerprint density at radius 1 is 1.24 bits per heavy atom. The van der Waals surface area contributed by atoms with Crippen LogP contribution in [0.15, 0.2) is 34.9 Å². The highest BCUT2D eigenvalue weighted by Gasteiger charge is 2.38. The Morgan fingerprint density at radius 2 is 2.00 bits per heavy atom. The zero-order valence-electron chi connectivity index (χ0n) is 15.2. The topological polar surface area (TPSA) is 65.8 Å². The molecule has 1 saturated heterocycles. The van der Waals surface area contributed by atoms with Gasteiger partial charge in [0.2, 0.25) is 0 Å². The Kier molecular flexibility index (Phi) is 4.70. The largest absolute Gasteiger partial charge is 0.464 e. The lowest BCUT2D eigenvalue weighted by molar-refractivity contribution is 0.0782. The van der Waals surface area contributed by atoms with E-state index in [1.54, 1.807) is 26.4 Å². The van der Waals surface area contributed by atoms with Crippen molar-refractivity contribution in [3.05, 3.63) is 36.1 Å². The van der Waals surface area contributed by atoms with Gasteiger partial charge in [-0.3, -0.25) is 4.79 Å². The summed E-state index contributed by atoms with van der Waals surface area (Å²) in [6, 6.07) is 7.18. The molecule has 2 aromatic rings. The maximum Gasteiger partial charge on any atom is 0.317 e. The molecule has 6 heteroatoms. The van der Waals surface area contributed by atoms with Gasteiger partial charge in [-0.05, 0) is 30.2 Å². The molecule has 1 aromatic heterocycles. The molecular weight excluding hydrogens is 318 g/mol. The number of likely N-dealkylation sites (tertiary alicyclic amines) is 1. The number of nitrogens with zero attached hydrogens (tertiary/aromatic N) is 2. The van der Waals surface area contributed by atoms with Gasteiger partial charge in [-0.25, -0.2) is 4.79 Å². The van der Waals surface area contributed by atoms with Crippen LogP contribution in [0.4, 0.5) is 4.79 Å². The molecule has 2 atom stereocenters. The lowest BCUT2D eigenvalue weighted by Crippen LogP contribution is -2.46. The van der Waals surface area contributed by atoms with E-state index in [1.165, 1.54) is 4.90 Å². The summed E-state index contributed by atoms with van der Waals surface area (Å²) in [6.45, 7) is 5.44. The standard InChI is InChI=1S/C19H25N3O3/c1-12(2)15-10-22(11-16(15)20-19(24)21(3)4)18(23)14-5-6-17-13(9-14)7-8-25-17/h5-9,12,15-16H,10-11H2,1-4H3,(H,20,24). The smallest absolute Gasteiger partial charge is 0.317 e. The molecule has 0 aliphatic carbocycles. The number of furan rings is 1. The second kappa shape index (κ2) is 6.78. The van der Waals surface area contributed by atoms with Gasteiger partial charge in [-0.15, -0.1) is 0 Å². The van der Waals surface area contributed by atoms with Crippen LogP contribution in [0.1, 0.15) is 24.2 Å². The molecule has 0 radical (unpaired) electrons. The average molecular weight is 343 g/mol. The molecule has 1 aromatic carbocycles. The van der Waals surface area contributed by atoms with Gasteiger partial charge in [-0.1, -0.05) is 13.8 Å².